The van der Waals surface area contributed by atoms with Crippen molar-refractivity contribution in [2.24, 2.45) is 0 Å². The fourth-order valence-electron chi connectivity index (χ4n) is 2.84. The molecule has 0 aliphatic carbocycles. The van der Waals surface area contributed by atoms with Crippen LogP contribution in [0, 0.1) is 0 Å². The largest absolute Gasteiger partial charge is 0.323 e. The summed E-state index contributed by atoms with van der Waals surface area (Å²) in [6, 6.07) is 19.2. The molecule has 0 atom stereocenters. The summed E-state index contributed by atoms with van der Waals surface area (Å²) in [6.45, 7) is -0.425. The number of thioether (sulfide) groups is 1. The third kappa shape index (κ3) is 7.05. The second-order valence-electron chi connectivity index (χ2n) is 6.86. The van der Waals surface area contributed by atoms with Crippen molar-refractivity contribution < 1.29 is 13.2 Å². The van der Waals surface area contributed by atoms with Gasteiger partial charge < -0.3 is 5.32 Å². The van der Waals surface area contributed by atoms with E-state index in [-0.39, 0.29) is 15.7 Å². The van der Waals surface area contributed by atoms with Gasteiger partial charge in [-0.15, -0.1) is 11.8 Å². The maximum atomic E-state index is 12.8. The van der Waals surface area contributed by atoms with Crippen LogP contribution in [0.25, 0.3) is 0 Å². The molecule has 0 aliphatic rings. The van der Waals surface area contributed by atoms with Gasteiger partial charge in [0.25, 0.3) is 0 Å². The molecular weight excluding hydrogens is 511 g/mol. The lowest BCUT2D eigenvalue weighted by molar-refractivity contribution is -0.114. The molecule has 1 N–H and O–H groups in total. The first kappa shape index (κ1) is 24.7. The van der Waals surface area contributed by atoms with Crippen LogP contribution in [0.4, 0.5) is 11.4 Å². The van der Waals surface area contributed by atoms with E-state index >= 15 is 0 Å². The van der Waals surface area contributed by atoms with Gasteiger partial charge >= 0.3 is 0 Å². The molecule has 3 aromatic carbocycles. The first-order valence-electron chi connectivity index (χ1n) is 9.32. The van der Waals surface area contributed by atoms with E-state index in [0.29, 0.717) is 16.5 Å². The first-order valence-corrected chi connectivity index (χ1v) is 13.3. The Morgan fingerprint density at radius 3 is 2.19 bits per heavy atom. The molecule has 10 heteroatoms. The van der Waals surface area contributed by atoms with Crippen molar-refractivity contribution in [3.05, 3.63) is 87.4 Å². The number of hydrogen-bond acceptors (Lipinski definition) is 4. The normalized spacial score (nSPS) is 11.2. The summed E-state index contributed by atoms with van der Waals surface area (Å²) in [5, 5.41) is 4.01. The van der Waals surface area contributed by atoms with Crippen LogP contribution in [-0.4, -0.2) is 27.1 Å². The lowest BCUT2D eigenvalue weighted by Crippen LogP contribution is -2.37. The molecule has 0 unspecified atom stereocenters. The van der Waals surface area contributed by atoms with Gasteiger partial charge in [-0.25, -0.2) is 8.42 Å². The maximum Gasteiger partial charge on any atom is 0.245 e. The molecule has 168 valence electrons. The molecule has 0 fully saturated rings. The van der Waals surface area contributed by atoms with Crippen molar-refractivity contribution in [2.75, 3.05) is 22.4 Å². The molecule has 0 bridgehead atoms. The summed E-state index contributed by atoms with van der Waals surface area (Å²) in [7, 11) is -3.76. The minimum absolute atomic E-state index is 0.213. The summed E-state index contributed by atoms with van der Waals surface area (Å²) >= 11 is 19.5. The highest BCUT2D eigenvalue weighted by atomic mass is 35.5. The fraction of sp³-hybridized carbons (Fsp3) is 0.136. The Morgan fingerprint density at radius 2 is 1.56 bits per heavy atom. The number of benzene rings is 3. The SMILES string of the molecule is CS(=O)(=O)N(CC(=O)Nc1ccccc1SCc1ccc(Cl)cc1)c1cc(Cl)cc(Cl)c1. The average molecular weight is 530 g/mol. The van der Waals surface area contributed by atoms with Gasteiger partial charge in [0.15, 0.2) is 0 Å². The zero-order valence-corrected chi connectivity index (χ0v) is 20.8. The van der Waals surface area contributed by atoms with Gasteiger partial charge in [-0.1, -0.05) is 59.1 Å². The summed E-state index contributed by atoms with van der Waals surface area (Å²) in [5.74, 6) is 0.187. The molecular formula is C22H19Cl3N2O3S2. The van der Waals surface area contributed by atoms with Crippen LogP contribution in [-0.2, 0) is 20.6 Å². The number of nitrogens with zero attached hydrogens (tertiary/aromatic N) is 1. The van der Waals surface area contributed by atoms with Crippen LogP contribution < -0.4 is 9.62 Å². The zero-order chi connectivity index (χ0) is 23.3. The summed E-state index contributed by atoms with van der Waals surface area (Å²) in [6.07, 6.45) is 1.02. The van der Waals surface area contributed by atoms with Crippen LogP contribution in [0.2, 0.25) is 15.1 Å². The molecule has 0 aromatic heterocycles. The molecule has 3 aromatic rings. The van der Waals surface area contributed by atoms with Crippen LogP contribution in [0.3, 0.4) is 0 Å². The Labute approximate surface area is 206 Å². The third-order valence-corrected chi connectivity index (χ3v) is 7.27. The Hall–Kier alpha value is -1.90. The van der Waals surface area contributed by atoms with E-state index in [2.05, 4.69) is 5.32 Å². The lowest BCUT2D eigenvalue weighted by Gasteiger charge is -2.22. The smallest absolute Gasteiger partial charge is 0.245 e. The van der Waals surface area contributed by atoms with E-state index in [4.69, 9.17) is 34.8 Å². The molecule has 0 saturated heterocycles. The molecule has 32 heavy (non-hydrogen) atoms. The highest BCUT2D eigenvalue weighted by Crippen LogP contribution is 2.31. The molecule has 5 nitrogen and oxygen atoms in total. The molecule has 0 saturated carbocycles. The molecule has 1 amide bonds. The van der Waals surface area contributed by atoms with E-state index < -0.39 is 22.5 Å². The molecule has 0 aliphatic heterocycles. The molecule has 0 spiro atoms. The molecule has 0 radical (unpaired) electrons. The minimum Gasteiger partial charge on any atom is -0.323 e. The number of carbonyl (C=O) groups is 1. The Morgan fingerprint density at radius 1 is 0.938 bits per heavy atom. The van der Waals surface area contributed by atoms with Crippen molar-refractivity contribution in [3.8, 4) is 0 Å². The van der Waals surface area contributed by atoms with Gasteiger partial charge in [0, 0.05) is 25.7 Å². The molecule has 0 heterocycles. The number of rotatable bonds is 8. The number of anilines is 2. The van der Waals surface area contributed by atoms with Gasteiger partial charge in [-0.05, 0) is 48.0 Å². The minimum atomic E-state index is -3.76. The van der Waals surface area contributed by atoms with Crippen LogP contribution >= 0.6 is 46.6 Å². The Bertz CT molecular complexity index is 1200. The van der Waals surface area contributed by atoms with Crippen LogP contribution in [0.1, 0.15) is 5.56 Å². The van der Waals surface area contributed by atoms with Gasteiger partial charge in [0.2, 0.25) is 15.9 Å². The predicted molar refractivity (Wildman–Crippen MR) is 135 cm³/mol. The number of amides is 1. The van der Waals surface area contributed by atoms with Crippen molar-refractivity contribution in [1.82, 2.24) is 0 Å². The van der Waals surface area contributed by atoms with Crippen molar-refractivity contribution >= 4 is 73.9 Å². The van der Waals surface area contributed by atoms with Crippen molar-refractivity contribution in [1.29, 1.82) is 0 Å². The number of carbonyl (C=O) groups excluding carboxylic acids is 1. The van der Waals surface area contributed by atoms with E-state index in [1.165, 1.54) is 18.2 Å². The third-order valence-electron chi connectivity index (χ3n) is 4.29. The highest BCUT2D eigenvalue weighted by Gasteiger charge is 2.22. The quantitative estimate of drug-likeness (QED) is 0.346. The standard InChI is InChI=1S/C22H19Cl3N2O3S2/c1-32(29,30)27(19-11-17(24)10-18(25)12-19)13-22(28)26-20-4-2-3-5-21(20)31-14-15-6-8-16(23)9-7-15/h2-12H,13-14H2,1H3,(H,26,28). The summed E-state index contributed by atoms with van der Waals surface area (Å²) < 4.78 is 25.6. The second-order valence-corrected chi connectivity index (χ2v) is 11.1. The van der Waals surface area contributed by atoms with E-state index in [0.717, 1.165) is 21.0 Å². The van der Waals surface area contributed by atoms with Crippen molar-refractivity contribution in [3.63, 3.8) is 0 Å². The summed E-state index contributed by atoms with van der Waals surface area (Å²) in [4.78, 5) is 13.6. The topological polar surface area (TPSA) is 66.5 Å². The van der Waals surface area contributed by atoms with E-state index in [9.17, 15) is 13.2 Å². The number of halogens is 3. The maximum absolute atomic E-state index is 12.8. The van der Waals surface area contributed by atoms with Crippen molar-refractivity contribution in [2.45, 2.75) is 10.6 Å². The van der Waals surface area contributed by atoms with Gasteiger partial charge in [-0.2, -0.15) is 0 Å². The average Bonchev–Trinajstić information content (AvgIpc) is 2.71. The Balaban J connectivity index is 1.75. The summed E-state index contributed by atoms with van der Waals surface area (Å²) in [5.41, 5.74) is 1.89. The van der Waals surface area contributed by atoms with Gasteiger partial charge in [0.1, 0.15) is 6.54 Å². The van der Waals surface area contributed by atoms with E-state index in [1.807, 2.05) is 36.4 Å². The number of nitrogens with one attached hydrogen (secondary N) is 1. The van der Waals surface area contributed by atoms with E-state index in [1.54, 1.807) is 23.9 Å². The van der Waals surface area contributed by atoms with Crippen LogP contribution in [0.15, 0.2) is 71.6 Å². The molecule has 3 rings (SSSR count). The lowest BCUT2D eigenvalue weighted by atomic mass is 10.2. The fourth-order valence-corrected chi connectivity index (χ4v) is 5.29. The number of para-hydroxylation sites is 1. The number of sulfonamides is 1. The Kier molecular flexibility index (Phi) is 8.36. The van der Waals surface area contributed by atoms with Gasteiger partial charge in [0.05, 0.1) is 17.6 Å². The first-order chi connectivity index (χ1) is 15.1. The van der Waals surface area contributed by atoms with Gasteiger partial charge in [-0.3, -0.25) is 9.10 Å². The monoisotopic (exact) mass is 528 g/mol. The second kappa shape index (κ2) is 10.8. The van der Waals surface area contributed by atoms with Crippen LogP contribution in [0.5, 0.6) is 0 Å². The highest BCUT2D eigenvalue weighted by molar-refractivity contribution is 7.98. The zero-order valence-electron chi connectivity index (χ0n) is 16.9. The number of hydrogen-bond donors (Lipinski definition) is 1. The predicted octanol–water partition coefficient (Wildman–Crippen LogP) is 6.34.